The maximum absolute atomic E-state index is 13.0. The molecule has 1 aromatic carbocycles. The molecule has 0 aliphatic carbocycles. The Morgan fingerprint density at radius 2 is 2.06 bits per heavy atom. The van der Waals surface area contributed by atoms with Gasteiger partial charge in [0.15, 0.2) is 11.3 Å². The molecule has 2 aromatic heterocycles. The number of hydrogen-bond donors (Lipinski definition) is 2. The number of carbonyl (C=O) groups is 1. The van der Waals surface area contributed by atoms with Crippen LogP contribution in [0.5, 0.6) is 0 Å². The SMILES string of the molecule is O=C(C[C@H]1NCCC[C@@H]1O)Cn1cnc2ccc(-c3cccc(C(F)(F)F)c3)nc2c1=O. The van der Waals surface area contributed by atoms with E-state index in [0.29, 0.717) is 13.0 Å². The number of aliphatic hydroxyl groups is 1. The average Bonchev–Trinajstić information content (AvgIpc) is 2.77. The van der Waals surface area contributed by atoms with Crippen LogP contribution < -0.4 is 10.9 Å². The van der Waals surface area contributed by atoms with Crippen molar-refractivity contribution in [1.82, 2.24) is 19.9 Å². The van der Waals surface area contributed by atoms with Gasteiger partial charge in [0, 0.05) is 18.0 Å². The van der Waals surface area contributed by atoms with E-state index >= 15 is 0 Å². The van der Waals surface area contributed by atoms with Crippen LogP contribution in [0.4, 0.5) is 13.2 Å². The summed E-state index contributed by atoms with van der Waals surface area (Å²) >= 11 is 0. The third-order valence-corrected chi connectivity index (χ3v) is 5.50. The first-order chi connectivity index (χ1) is 15.2. The maximum atomic E-state index is 13.0. The van der Waals surface area contributed by atoms with Crippen LogP contribution in [0.2, 0.25) is 0 Å². The van der Waals surface area contributed by atoms with E-state index in [4.69, 9.17) is 0 Å². The summed E-state index contributed by atoms with van der Waals surface area (Å²) in [6.45, 7) is 0.483. The number of aliphatic hydroxyl groups excluding tert-OH is 1. The predicted octanol–water partition coefficient (Wildman–Crippen LogP) is 2.55. The Bertz CT molecular complexity index is 1210. The molecule has 2 atom stereocenters. The van der Waals surface area contributed by atoms with E-state index in [1.54, 1.807) is 0 Å². The zero-order valence-corrected chi connectivity index (χ0v) is 17.0. The summed E-state index contributed by atoms with van der Waals surface area (Å²) in [7, 11) is 0. The second-order valence-corrected chi connectivity index (χ2v) is 7.83. The molecule has 0 saturated carbocycles. The van der Waals surface area contributed by atoms with Crippen molar-refractivity contribution in [3.8, 4) is 11.3 Å². The first-order valence-corrected chi connectivity index (χ1v) is 10.2. The highest BCUT2D eigenvalue weighted by Crippen LogP contribution is 2.31. The van der Waals surface area contributed by atoms with Gasteiger partial charge in [0.2, 0.25) is 0 Å². The van der Waals surface area contributed by atoms with Crippen LogP contribution in [0.1, 0.15) is 24.8 Å². The van der Waals surface area contributed by atoms with Crippen LogP contribution in [-0.2, 0) is 17.5 Å². The lowest BCUT2D eigenvalue weighted by molar-refractivity contribution is -0.137. The number of nitrogens with zero attached hydrogens (tertiary/aromatic N) is 3. The molecular formula is C22H21F3N4O3. The van der Waals surface area contributed by atoms with Crippen LogP contribution in [0.25, 0.3) is 22.3 Å². The number of piperidine rings is 1. The molecule has 2 N–H and O–H groups in total. The fourth-order valence-electron chi connectivity index (χ4n) is 3.81. The van der Waals surface area contributed by atoms with Crippen molar-refractivity contribution < 1.29 is 23.1 Å². The fourth-order valence-corrected chi connectivity index (χ4v) is 3.81. The van der Waals surface area contributed by atoms with Crippen molar-refractivity contribution in [2.24, 2.45) is 0 Å². The molecule has 1 saturated heterocycles. The zero-order valence-electron chi connectivity index (χ0n) is 17.0. The van der Waals surface area contributed by atoms with Gasteiger partial charge in [0.25, 0.3) is 5.56 Å². The van der Waals surface area contributed by atoms with E-state index in [9.17, 15) is 27.9 Å². The van der Waals surface area contributed by atoms with Gasteiger partial charge >= 0.3 is 6.18 Å². The minimum Gasteiger partial charge on any atom is -0.391 e. The van der Waals surface area contributed by atoms with Crippen molar-refractivity contribution in [2.45, 2.75) is 44.1 Å². The first-order valence-electron chi connectivity index (χ1n) is 10.2. The number of halogens is 3. The Labute approximate surface area is 180 Å². The van der Waals surface area contributed by atoms with Gasteiger partial charge in [-0.3, -0.25) is 14.2 Å². The molecule has 10 heteroatoms. The molecule has 1 aliphatic rings. The number of ketones is 1. The number of aromatic nitrogens is 3. The monoisotopic (exact) mass is 446 g/mol. The first kappa shape index (κ1) is 22.1. The van der Waals surface area contributed by atoms with Crippen LogP contribution in [0.15, 0.2) is 47.5 Å². The largest absolute Gasteiger partial charge is 0.416 e. The van der Waals surface area contributed by atoms with E-state index in [2.05, 4.69) is 15.3 Å². The van der Waals surface area contributed by atoms with E-state index in [-0.39, 0.29) is 47.1 Å². The van der Waals surface area contributed by atoms with Crippen LogP contribution in [-0.4, -0.2) is 44.1 Å². The maximum Gasteiger partial charge on any atom is 0.416 e. The third-order valence-electron chi connectivity index (χ3n) is 5.50. The molecule has 0 unspecified atom stereocenters. The van der Waals surface area contributed by atoms with Gasteiger partial charge in [0.05, 0.1) is 35.8 Å². The molecule has 4 rings (SSSR count). The lowest BCUT2D eigenvalue weighted by Crippen LogP contribution is -2.46. The number of fused-ring (bicyclic) bond motifs is 1. The third kappa shape index (κ3) is 4.71. The highest BCUT2D eigenvalue weighted by Gasteiger charge is 2.30. The summed E-state index contributed by atoms with van der Waals surface area (Å²) < 4.78 is 40.2. The molecule has 7 nitrogen and oxygen atoms in total. The van der Waals surface area contributed by atoms with E-state index in [1.165, 1.54) is 30.6 Å². The quantitative estimate of drug-likeness (QED) is 0.625. The molecule has 3 aromatic rings. The molecule has 0 amide bonds. The molecule has 1 aliphatic heterocycles. The van der Waals surface area contributed by atoms with E-state index < -0.39 is 23.4 Å². The summed E-state index contributed by atoms with van der Waals surface area (Å²) in [5.41, 5.74) is -0.727. The lowest BCUT2D eigenvalue weighted by Gasteiger charge is -2.28. The van der Waals surface area contributed by atoms with Crippen molar-refractivity contribution in [2.75, 3.05) is 6.54 Å². The Hall–Kier alpha value is -3.11. The molecular weight excluding hydrogens is 425 g/mol. The zero-order chi connectivity index (χ0) is 22.9. The number of alkyl halides is 3. The molecule has 1 fully saturated rings. The fraction of sp³-hybridized carbons (Fsp3) is 0.364. The summed E-state index contributed by atoms with van der Waals surface area (Å²) in [6.07, 6.45) is -2.34. The second-order valence-electron chi connectivity index (χ2n) is 7.83. The molecule has 0 bridgehead atoms. The van der Waals surface area contributed by atoms with Crippen molar-refractivity contribution >= 4 is 16.8 Å². The Balaban J connectivity index is 1.61. The summed E-state index contributed by atoms with van der Waals surface area (Å²) in [6, 6.07) is 7.33. The lowest BCUT2D eigenvalue weighted by atomic mass is 9.97. The van der Waals surface area contributed by atoms with Crippen LogP contribution >= 0.6 is 0 Å². The van der Waals surface area contributed by atoms with Gasteiger partial charge in [-0.05, 0) is 43.7 Å². The van der Waals surface area contributed by atoms with Gasteiger partial charge in [0.1, 0.15) is 0 Å². The van der Waals surface area contributed by atoms with Crippen LogP contribution in [0, 0.1) is 0 Å². The Morgan fingerprint density at radius 3 is 2.81 bits per heavy atom. The highest BCUT2D eigenvalue weighted by atomic mass is 19.4. The predicted molar refractivity (Wildman–Crippen MR) is 111 cm³/mol. The number of pyridine rings is 1. The summed E-state index contributed by atoms with van der Waals surface area (Å²) in [5.74, 6) is -0.249. The second kappa shape index (κ2) is 8.79. The topological polar surface area (TPSA) is 97.1 Å². The minimum absolute atomic E-state index is 0.0361. The number of hydrogen-bond acceptors (Lipinski definition) is 6. The summed E-state index contributed by atoms with van der Waals surface area (Å²) in [4.78, 5) is 33.8. The molecule has 168 valence electrons. The number of Topliss-reactive ketones (excluding diaryl/α,β-unsaturated/α-hetero) is 1. The van der Waals surface area contributed by atoms with Gasteiger partial charge in [-0.1, -0.05) is 12.1 Å². The standard InChI is InChI=1S/C22H21F3N4O3/c23-22(24,25)14-4-1-3-13(9-14)16-6-7-17-20(28-16)21(32)29(12-27-17)11-15(30)10-18-19(31)5-2-8-26-18/h1,3-4,6-7,9,12,18-19,26,31H,2,5,8,10-11H2/t18-,19+/m1/s1. The number of nitrogens with one attached hydrogen (secondary N) is 1. The Morgan fingerprint density at radius 1 is 1.25 bits per heavy atom. The highest BCUT2D eigenvalue weighted by molar-refractivity contribution is 5.80. The van der Waals surface area contributed by atoms with Gasteiger partial charge < -0.3 is 10.4 Å². The number of carbonyl (C=O) groups excluding carboxylic acids is 1. The molecule has 0 radical (unpaired) electrons. The van der Waals surface area contributed by atoms with Gasteiger partial charge in [-0.15, -0.1) is 0 Å². The van der Waals surface area contributed by atoms with E-state index in [0.717, 1.165) is 23.1 Å². The summed E-state index contributed by atoms with van der Waals surface area (Å²) in [5, 5.41) is 13.1. The van der Waals surface area contributed by atoms with Gasteiger partial charge in [-0.2, -0.15) is 13.2 Å². The molecule has 32 heavy (non-hydrogen) atoms. The Kier molecular flexibility index (Phi) is 6.07. The van der Waals surface area contributed by atoms with E-state index in [1.807, 2.05) is 0 Å². The minimum atomic E-state index is -4.50. The number of rotatable bonds is 5. The smallest absolute Gasteiger partial charge is 0.391 e. The van der Waals surface area contributed by atoms with Crippen molar-refractivity contribution in [1.29, 1.82) is 0 Å². The number of benzene rings is 1. The molecule has 0 spiro atoms. The molecule has 3 heterocycles. The van der Waals surface area contributed by atoms with Gasteiger partial charge in [-0.25, -0.2) is 9.97 Å². The van der Waals surface area contributed by atoms with Crippen molar-refractivity contribution in [3.63, 3.8) is 0 Å². The van der Waals surface area contributed by atoms with Crippen LogP contribution in [0.3, 0.4) is 0 Å². The normalized spacial score (nSPS) is 19.2. The average molecular weight is 446 g/mol. The van der Waals surface area contributed by atoms with Crippen molar-refractivity contribution in [3.05, 3.63) is 58.6 Å².